The maximum absolute atomic E-state index is 5.16. The van der Waals surface area contributed by atoms with Crippen molar-refractivity contribution < 1.29 is 0 Å². The molecule has 0 aliphatic rings. The van der Waals surface area contributed by atoms with Crippen molar-refractivity contribution in [1.82, 2.24) is 14.1 Å². The molecular weight excluding hydrogens is 679 g/mol. The van der Waals surface area contributed by atoms with Gasteiger partial charge in [0, 0.05) is 38.4 Å². The van der Waals surface area contributed by atoms with Crippen LogP contribution in [0.1, 0.15) is 0 Å². The van der Waals surface area contributed by atoms with Gasteiger partial charge in [0.1, 0.15) is 0 Å². The number of benzene rings is 8. The summed E-state index contributed by atoms with van der Waals surface area (Å²) in [6, 6.07) is 76.3. The summed E-state index contributed by atoms with van der Waals surface area (Å²) in [4.78, 5) is 5.16. The molecule has 0 bridgehead atoms. The first-order valence-corrected chi connectivity index (χ1v) is 19.1. The number of aromatic nitrogens is 3. The van der Waals surface area contributed by atoms with Crippen LogP contribution in [0.5, 0.6) is 0 Å². The molecule has 0 unspecified atom stereocenters. The van der Waals surface area contributed by atoms with Crippen LogP contribution in [0.15, 0.2) is 212 Å². The van der Waals surface area contributed by atoms with Crippen LogP contribution in [0.3, 0.4) is 0 Å². The molecule has 0 aliphatic heterocycles. The lowest BCUT2D eigenvalue weighted by Crippen LogP contribution is -1.98. The predicted molar refractivity (Wildman–Crippen MR) is 235 cm³/mol. The minimum absolute atomic E-state index is 0.948. The second-order valence-electron chi connectivity index (χ2n) is 14.4. The molecule has 8 aromatic carbocycles. The summed E-state index contributed by atoms with van der Waals surface area (Å²) in [6.45, 7) is 0. The van der Waals surface area contributed by atoms with Crippen molar-refractivity contribution in [3.05, 3.63) is 212 Å². The molecule has 0 saturated carbocycles. The predicted octanol–water partition coefficient (Wildman–Crippen LogP) is 13.9. The first-order chi connectivity index (χ1) is 27.8. The van der Waals surface area contributed by atoms with Crippen LogP contribution in [-0.2, 0) is 0 Å². The summed E-state index contributed by atoms with van der Waals surface area (Å²) >= 11 is 0. The highest BCUT2D eigenvalue weighted by molar-refractivity contribution is 6.12. The van der Waals surface area contributed by atoms with E-state index in [9.17, 15) is 0 Å². The van der Waals surface area contributed by atoms with Gasteiger partial charge in [-0.1, -0.05) is 146 Å². The van der Waals surface area contributed by atoms with Crippen LogP contribution in [0.2, 0.25) is 0 Å². The standard InChI is InChI=1S/C53H35N3/c1-4-15-36(16-5-1)48-34-43(35-49(54-48)37-17-6-2-7-18-37)56-51-26-13-11-24-45(51)47-33-41(28-30-53(47)56)39-20-14-19-38(31-39)40-27-29-52-46(32-40)44-23-10-12-25-50(44)55(52)42-21-8-3-9-22-42/h1-35H. The van der Waals surface area contributed by atoms with Crippen LogP contribution in [0.4, 0.5) is 0 Å². The molecule has 0 N–H and O–H groups in total. The SMILES string of the molecule is c1ccc(-c2cc(-n3c4ccccc4c4cc(-c5cccc(-c6ccc7c(c6)c6ccccc6n7-c6ccccc6)c5)ccc43)cc(-c3ccccc3)n2)cc1. The lowest BCUT2D eigenvalue weighted by Gasteiger charge is -2.13. The average Bonchev–Trinajstić information content (AvgIpc) is 3.79. The minimum atomic E-state index is 0.948. The van der Waals surface area contributed by atoms with Gasteiger partial charge in [-0.25, -0.2) is 4.98 Å². The van der Waals surface area contributed by atoms with Crippen LogP contribution in [0, 0.1) is 0 Å². The third kappa shape index (κ3) is 5.32. The highest BCUT2D eigenvalue weighted by Gasteiger charge is 2.17. The maximum Gasteiger partial charge on any atom is 0.0730 e. The molecule has 3 aromatic heterocycles. The normalized spacial score (nSPS) is 11.6. The zero-order valence-electron chi connectivity index (χ0n) is 30.5. The third-order valence-electron chi connectivity index (χ3n) is 11.1. The Labute approximate surface area is 325 Å². The molecule has 0 fully saturated rings. The van der Waals surface area contributed by atoms with Crippen LogP contribution in [0.25, 0.3) is 99.8 Å². The first-order valence-electron chi connectivity index (χ1n) is 19.1. The van der Waals surface area contributed by atoms with Crippen LogP contribution < -0.4 is 0 Å². The van der Waals surface area contributed by atoms with Crippen LogP contribution >= 0.6 is 0 Å². The lowest BCUT2D eigenvalue weighted by atomic mass is 9.97. The Balaban J connectivity index is 1.04. The first kappa shape index (κ1) is 32.0. The van der Waals surface area contributed by atoms with E-state index in [0.29, 0.717) is 0 Å². The van der Waals surface area contributed by atoms with Crippen molar-refractivity contribution in [2.45, 2.75) is 0 Å². The van der Waals surface area contributed by atoms with Crippen molar-refractivity contribution in [2.75, 3.05) is 0 Å². The number of fused-ring (bicyclic) bond motifs is 6. The molecule has 0 spiro atoms. The van der Waals surface area contributed by atoms with Crippen LogP contribution in [-0.4, -0.2) is 14.1 Å². The fraction of sp³-hybridized carbons (Fsp3) is 0. The smallest absolute Gasteiger partial charge is 0.0730 e. The number of nitrogens with zero attached hydrogens (tertiary/aromatic N) is 3. The van der Waals surface area contributed by atoms with Gasteiger partial charge in [0.2, 0.25) is 0 Å². The van der Waals surface area contributed by atoms with Crippen molar-refractivity contribution in [3.8, 4) is 56.1 Å². The maximum atomic E-state index is 5.16. The molecule has 56 heavy (non-hydrogen) atoms. The number of hydrogen-bond donors (Lipinski definition) is 0. The molecule has 11 aromatic rings. The van der Waals surface area contributed by atoms with E-state index in [4.69, 9.17) is 4.98 Å². The van der Waals surface area contributed by atoms with Gasteiger partial charge >= 0.3 is 0 Å². The van der Waals surface area contributed by atoms with Gasteiger partial charge in [0.15, 0.2) is 0 Å². The van der Waals surface area contributed by atoms with E-state index in [2.05, 4.69) is 221 Å². The van der Waals surface area contributed by atoms with E-state index < -0.39 is 0 Å². The van der Waals surface area contributed by atoms with Crippen molar-refractivity contribution in [2.24, 2.45) is 0 Å². The average molecular weight is 714 g/mol. The molecule has 11 rings (SSSR count). The summed E-state index contributed by atoms with van der Waals surface area (Å²) in [7, 11) is 0. The number of rotatable bonds is 6. The second-order valence-corrected chi connectivity index (χ2v) is 14.4. The zero-order valence-corrected chi connectivity index (χ0v) is 30.5. The molecular formula is C53H35N3. The van der Waals surface area contributed by atoms with Gasteiger partial charge in [-0.05, 0) is 89.0 Å². The Morgan fingerprint density at radius 2 is 0.643 bits per heavy atom. The van der Waals surface area contributed by atoms with Gasteiger partial charge < -0.3 is 9.13 Å². The Kier molecular flexibility index (Phi) is 7.49. The summed E-state index contributed by atoms with van der Waals surface area (Å²) in [5.74, 6) is 0. The summed E-state index contributed by atoms with van der Waals surface area (Å²) in [5, 5.41) is 4.95. The molecule has 262 valence electrons. The van der Waals surface area contributed by atoms with E-state index >= 15 is 0 Å². The molecule has 0 aliphatic carbocycles. The van der Waals surface area contributed by atoms with E-state index in [1.54, 1.807) is 0 Å². The van der Waals surface area contributed by atoms with Gasteiger partial charge in [-0.15, -0.1) is 0 Å². The zero-order chi connectivity index (χ0) is 37.0. The largest absolute Gasteiger partial charge is 0.309 e. The van der Waals surface area contributed by atoms with Gasteiger partial charge in [0.25, 0.3) is 0 Å². The van der Waals surface area contributed by atoms with E-state index in [0.717, 1.165) is 33.7 Å². The summed E-state index contributed by atoms with van der Waals surface area (Å²) in [6.07, 6.45) is 0. The van der Waals surface area contributed by atoms with Gasteiger partial charge in [0.05, 0.1) is 39.1 Å². The highest BCUT2D eigenvalue weighted by Crippen LogP contribution is 2.39. The lowest BCUT2D eigenvalue weighted by molar-refractivity contribution is 1.16. The number of hydrogen-bond acceptors (Lipinski definition) is 1. The third-order valence-corrected chi connectivity index (χ3v) is 11.1. The van der Waals surface area contributed by atoms with Crippen molar-refractivity contribution in [3.63, 3.8) is 0 Å². The highest BCUT2D eigenvalue weighted by atomic mass is 15.0. The van der Waals surface area contributed by atoms with Crippen molar-refractivity contribution in [1.29, 1.82) is 0 Å². The second kappa shape index (κ2) is 13.1. The van der Waals surface area contributed by atoms with Crippen molar-refractivity contribution >= 4 is 43.6 Å². The topological polar surface area (TPSA) is 22.8 Å². The fourth-order valence-electron chi connectivity index (χ4n) is 8.48. The monoisotopic (exact) mass is 713 g/mol. The quantitative estimate of drug-likeness (QED) is 0.168. The molecule has 3 nitrogen and oxygen atoms in total. The summed E-state index contributed by atoms with van der Waals surface area (Å²) in [5.41, 5.74) is 15.9. The van der Waals surface area contributed by atoms with E-state index in [1.807, 2.05) is 0 Å². The Morgan fingerprint density at radius 3 is 1.16 bits per heavy atom. The molecule has 0 radical (unpaired) electrons. The van der Waals surface area contributed by atoms with E-state index in [-0.39, 0.29) is 0 Å². The van der Waals surface area contributed by atoms with Gasteiger partial charge in [-0.2, -0.15) is 0 Å². The Morgan fingerprint density at radius 1 is 0.250 bits per heavy atom. The molecule has 0 amide bonds. The Bertz CT molecular complexity index is 3170. The summed E-state index contributed by atoms with van der Waals surface area (Å²) < 4.78 is 4.76. The molecule has 3 heterocycles. The number of para-hydroxylation sites is 3. The fourth-order valence-corrected chi connectivity index (χ4v) is 8.48. The Hall–Kier alpha value is -7.49. The molecule has 3 heteroatoms. The van der Waals surface area contributed by atoms with E-state index in [1.165, 1.54) is 66.0 Å². The minimum Gasteiger partial charge on any atom is -0.309 e. The van der Waals surface area contributed by atoms with Gasteiger partial charge in [-0.3, -0.25) is 0 Å². The number of pyridine rings is 1. The molecule has 0 atom stereocenters. The molecule has 0 saturated heterocycles.